The summed E-state index contributed by atoms with van der Waals surface area (Å²) in [6, 6.07) is 0. The summed E-state index contributed by atoms with van der Waals surface area (Å²) in [4.78, 5) is 64.5. The number of likely N-dealkylation sites (tertiary alicyclic amines) is 2. The number of aliphatic imine (C=N–C) groups is 3. The smallest absolute Gasteiger partial charge is 0.410 e. The minimum Gasteiger partial charge on any atom is -0.444 e. The van der Waals surface area contributed by atoms with Crippen molar-refractivity contribution in [3.8, 4) is 0 Å². The lowest BCUT2D eigenvalue weighted by Gasteiger charge is -2.35. The summed E-state index contributed by atoms with van der Waals surface area (Å²) in [5.41, 5.74) is -0.462. The Kier molecular flexibility index (Phi) is 16.6. The Hall–Kier alpha value is -2.34. The van der Waals surface area contributed by atoms with Crippen LogP contribution in [0.15, 0.2) is 15.0 Å². The first-order chi connectivity index (χ1) is 26.3. The SMILES string of the molecule is CN=C1NC(=O)C(C)(CC2CCN(C(=O)OC(C)(C)C)CC2)S1.CN=C1NC(=O)C(C)(CC2CCN(C)CC2)S1.CN=C1NC(=O)C(C)(CC2CCNCC2)S1. The molecule has 14 nitrogen and oxygen atoms in total. The van der Waals surface area contributed by atoms with Gasteiger partial charge in [-0.2, -0.15) is 0 Å². The quantitative estimate of drug-likeness (QED) is 0.288. The Balaban J connectivity index is 0.000000190. The van der Waals surface area contributed by atoms with Crippen molar-refractivity contribution in [3.63, 3.8) is 0 Å². The normalized spacial score (nSPS) is 31.8. The summed E-state index contributed by atoms with van der Waals surface area (Å²) >= 11 is 4.69. The van der Waals surface area contributed by atoms with Crippen LogP contribution < -0.4 is 21.3 Å². The number of ether oxygens (including phenoxy) is 1. The van der Waals surface area contributed by atoms with Crippen LogP contribution in [0.1, 0.15) is 99.3 Å². The zero-order chi connectivity index (χ0) is 41.3. The molecule has 3 atom stereocenters. The number of hydrogen-bond donors (Lipinski definition) is 4. The Labute approximate surface area is 347 Å². The molecule has 316 valence electrons. The number of rotatable bonds is 6. The lowest BCUT2D eigenvalue weighted by Crippen LogP contribution is -2.43. The summed E-state index contributed by atoms with van der Waals surface area (Å²) in [6.07, 6.45) is 9.09. The van der Waals surface area contributed by atoms with Crippen LogP contribution in [0.2, 0.25) is 0 Å². The molecule has 0 aromatic carbocycles. The predicted molar refractivity (Wildman–Crippen MR) is 233 cm³/mol. The summed E-state index contributed by atoms with van der Waals surface area (Å²) in [6.45, 7) is 17.5. The average molecular weight is 838 g/mol. The van der Waals surface area contributed by atoms with Crippen LogP contribution in [0, 0.1) is 17.8 Å². The van der Waals surface area contributed by atoms with Gasteiger partial charge in [0, 0.05) is 34.2 Å². The standard InChI is InChI=1S/C16H27N3O3S.C12H21N3OS.C11H19N3OS/c1-15(2,3)22-14(21)19-8-6-11(7-9-19)10-16(4)12(20)18-13(17-5)23-16;1-12(10(16)14-11(13-2)17-12)8-9-4-6-15(3)7-5-9;1-11(7-8-3-5-13-6-4-8)9(15)14-10(12-2)16-11/h11H,6-10H2,1-5H3,(H,17,18,20);9H,4-8H2,1-3H3,(H,13,14,16);8,13H,3-7H2,1-2H3,(H,12,14,15). The Bertz CT molecular complexity index is 1500. The molecule has 17 heteroatoms. The molecular formula is C39H67N9O5S3. The van der Waals surface area contributed by atoms with Gasteiger partial charge in [0.25, 0.3) is 0 Å². The predicted octanol–water partition coefficient (Wildman–Crippen LogP) is 4.94. The lowest BCUT2D eigenvalue weighted by atomic mass is 9.87. The summed E-state index contributed by atoms with van der Waals surface area (Å²) in [5.74, 6) is 2.07. The monoisotopic (exact) mass is 837 g/mol. The first kappa shape index (κ1) is 46.4. The van der Waals surface area contributed by atoms with E-state index in [0.717, 1.165) is 68.6 Å². The minimum atomic E-state index is -0.462. The molecule has 0 aromatic heterocycles. The molecule has 6 aliphatic heterocycles. The molecule has 0 radical (unpaired) electrons. The van der Waals surface area contributed by atoms with Crippen molar-refractivity contribution < 1.29 is 23.9 Å². The van der Waals surface area contributed by atoms with Gasteiger partial charge < -0.3 is 35.8 Å². The molecule has 0 spiro atoms. The Morgan fingerprint density at radius 1 is 0.661 bits per heavy atom. The van der Waals surface area contributed by atoms with Crippen LogP contribution in [-0.2, 0) is 19.1 Å². The van der Waals surface area contributed by atoms with E-state index in [1.807, 2.05) is 41.5 Å². The largest absolute Gasteiger partial charge is 0.444 e. The van der Waals surface area contributed by atoms with E-state index < -0.39 is 10.3 Å². The lowest BCUT2D eigenvalue weighted by molar-refractivity contribution is -0.122. The molecule has 0 aromatic rings. The number of nitrogens with one attached hydrogen (secondary N) is 4. The number of nitrogens with zero attached hydrogens (tertiary/aromatic N) is 5. The highest BCUT2D eigenvalue weighted by atomic mass is 32.2. The minimum absolute atomic E-state index is 0.0395. The number of thioether (sulfide) groups is 3. The number of amides is 4. The van der Waals surface area contributed by atoms with E-state index in [-0.39, 0.29) is 33.3 Å². The topological polar surface area (TPSA) is 169 Å². The molecule has 4 amide bonds. The fourth-order valence-corrected chi connectivity index (χ4v) is 11.3. The zero-order valence-electron chi connectivity index (χ0n) is 35.3. The first-order valence-electron chi connectivity index (χ1n) is 20.1. The third-order valence-electron chi connectivity index (χ3n) is 11.3. The molecule has 6 aliphatic rings. The van der Waals surface area contributed by atoms with Crippen LogP contribution >= 0.6 is 35.3 Å². The van der Waals surface area contributed by atoms with Crippen LogP contribution in [0.5, 0.6) is 0 Å². The summed E-state index contributed by atoms with van der Waals surface area (Å²) in [7, 11) is 7.30. The number of hydrogen-bond acceptors (Lipinski definition) is 13. The van der Waals surface area contributed by atoms with Crippen LogP contribution in [0.3, 0.4) is 0 Å². The number of carbonyl (C=O) groups excluding carboxylic acids is 4. The molecule has 0 aliphatic carbocycles. The second-order valence-corrected chi connectivity index (χ2v) is 21.9. The van der Waals surface area contributed by atoms with E-state index in [9.17, 15) is 19.2 Å². The Morgan fingerprint density at radius 2 is 1.00 bits per heavy atom. The first-order valence-corrected chi connectivity index (χ1v) is 22.5. The highest BCUT2D eigenvalue weighted by Gasteiger charge is 2.46. The van der Waals surface area contributed by atoms with Crippen molar-refractivity contribution in [1.29, 1.82) is 0 Å². The van der Waals surface area contributed by atoms with Gasteiger partial charge in [0.15, 0.2) is 15.5 Å². The third kappa shape index (κ3) is 13.1. The molecule has 0 saturated carbocycles. The van der Waals surface area contributed by atoms with Crippen LogP contribution in [-0.4, -0.2) is 136 Å². The van der Waals surface area contributed by atoms with E-state index in [4.69, 9.17) is 4.74 Å². The van der Waals surface area contributed by atoms with Crippen molar-refractivity contribution in [3.05, 3.63) is 0 Å². The average Bonchev–Trinajstić information content (AvgIpc) is 3.72. The van der Waals surface area contributed by atoms with Gasteiger partial charge in [-0.05, 0) is 150 Å². The molecule has 6 saturated heterocycles. The maximum absolute atomic E-state index is 12.2. The van der Waals surface area contributed by atoms with Gasteiger partial charge in [-0.25, -0.2) is 4.79 Å². The Morgan fingerprint density at radius 3 is 1.32 bits per heavy atom. The van der Waals surface area contributed by atoms with E-state index in [1.54, 1.807) is 49.6 Å². The highest BCUT2D eigenvalue weighted by molar-refractivity contribution is 8.16. The van der Waals surface area contributed by atoms with Crippen molar-refractivity contribution in [2.24, 2.45) is 32.7 Å². The fourth-order valence-electron chi connectivity index (χ4n) is 7.90. The molecule has 56 heavy (non-hydrogen) atoms. The van der Waals surface area contributed by atoms with Gasteiger partial charge in [0.1, 0.15) is 5.60 Å². The van der Waals surface area contributed by atoms with Crippen LogP contribution in [0.25, 0.3) is 0 Å². The fraction of sp³-hybridized carbons (Fsp3) is 0.821. The number of amidine groups is 3. The maximum atomic E-state index is 12.2. The molecular weight excluding hydrogens is 771 g/mol. The van der Waals surface area contributed by atoms with Gasteiger partial charge in [-0.3, -0.25) is 29.4 Å². The molecule has 3 unspecified atom stereocenters. The van der Waals surface area contributed by atoms with E-state index in [2.05, 4.69) is 48.2 Å². The zero-order valence-corrected chi connectivity index (χ0v) is 37.8. The van der Waals surface area contributed by atoms with Crippen molar-refractivity contribution in [1.82, 2.24) is 31.1 Å². The van der Waals surface area contributed by atoms with Gasteiger partial charge in [0.2, 0.25) is 17.7 Å². The van der Waals surface area contributed by atoms with Gasteiger partial charge >= 0.3 is 6.09 Å². The number of piperidine rings is 3. The summed E-state index contributed by atoms with van der Waals surface area (Å²) < 4.78 is 4.34. The second-order valence-electron chi connectivity index (χ2n) is 17.4. The molecule has 6 heterocycles. The van der Waals surface area contributed by atoms with E-state index in [1.165, 1.54) is 37.4 Å². The van der Waals surface area contributed by atoms with Crippen molar-refractivity contribution >= 4 is 74.6 Å². The summed E-state index contributed by atoms with van der Waals surface area (Å²) in [5, 5.41) is 14.1. The van der Waals surface area contributed by atoms with Crippen molar-refractivity contribution in [2.75, 3.05) is 67.5 Å². The molecule has 6 fully saturated rings. The molecule has 0 bridgehead atoms. The van der Waals surface area contributed by atoms with E-state index >= 15 is 0 Å². The number of carbonyl (C=O) groups is 4. The van der Waals surface area contributed by atoms with Crippen molar-refractivity contribution in [2.45, 2.75) is 119 Å². The van der Waals surface area contributed by atoms with Gasteiger partial charge in [0.05, 0.1) is 14.2 Å². The third-order valence-corrected chi connectivity index (χ3v) is 15.1. The maximum Gasteiger partial charge on any atom is 0.410 e. The molecule has 6 rings (SSSR count). The van der Waals surface area contributed by atoms with Crippen LogP contribution in [0.4, 0.5) is 4.79 Å². The molecule has 4 N–H and O–H groups in total. The van der Waals surface area contributed by atoms with Gasteiger partial charge in [-0.15, -0.1) is 0 Å². The highest BCUT2D eigenvalue weighted by Crippen LogP contribution is 2.41. The van der Waals surface area contributed by atoms with E-state index in [0.29, 0.717) is 36.0 Å². The second kappa shape index (κ2) is 20.1. The van der Waals surface area contributed by atoms with Gasteiger partial charge in [-0.1, -0.05) is 35.3 Å².